The maximum absolute atomic E-state index is 6.44. The molecule has 0 fully saturated rings. The van der Waals surface area contributed by atoms with Gasteiger partial charge in [0.15, 0.2) is 0 Å². The molecule has 0 spiro atoms. The van der Waals surface area contributed by atoms with Gasteiger partial charge in [0, 0.05) is 6.61 Å². The molecule has 1 rings (SSSR count). The number of benzene rings is 1. The highest BCUT2D eigenvalue weighted by molar-refractivity contribution is 5.33. The van der Waals surface area contributed by atoms with Crippen LogP contribution in [0.5, 0.6) is 0 Å². The summed E-state index contributed by atoms with van der Waals surface area (Å²) in [7, 11) is 0. The Morgan fingerprint density at radius 2 is 1.83 bits per heavy atom. The van der Waals surface area contributed by atoms with Crippen molar-refractivity contribution in [2.75, 3.05) is 6.61 Å². The zero-order valence-electron chi connectivity index (χ0n) is 12.6. The van der Waals surface area contributed by atoms with Gasteiger partial charge in [-0.25, -0.2) is 0 Å². The Hall–Kier alpha value is -0.860. The Labute approximate surface area is 112 Å². The molecule has 0 aliphatic heterocycles. The van der Waals surface area contributed by atoms with Crippen molar-refractivity contribution >= 4 is 0 Å². The summed E-state index contributed by atoms with van der Waals surface area (Å²) in [5, 5.41) is 0. The lowest BCUT2D eigenvalue weighted by Gasteiger charge is -2.35. The maximum atomic E-state index is 6.44. The van der Waals surface area contributed by atoms with Crippen LogP contribution in [0, 0.1) is 19.3 Å². The van der Waals surface area contributed by atoms with Crippen molar-refractivity contribution in [3.63, 3.8) is 0 Å². The normalized spacial score (nSPS) is 15.5. The molecule has 2 unspecified atom stereocenters. The fourth-order valence-electron chi connectivity index (χ4n) is 2.43. The van der Waals surface area contributed by atoms with Gasteiger partial charge in [-0.3, -0.25) is 0 Å². The number of hydrogen-bond donors (Lipinski definition) is 1. The third kappa shape index (κ3) is 3.56. The van der Waals surface area contributed by atoms with Crippen LogP contribution in [0.3, 0.4) is 0 Å². The van der Waals surface area contributed by atoms with Gasteiger partial charge in [-0.1, -0.05) is 44.5 Å². The van der Waals surface area contributed by atoms with E-state index in [1.54, 1.807) is 0 Å². The quantitative estimate of drug-likeness (QED) is 0.882. The molecular formula is C16H27NO. The Balaban J connectivity index is 3.05. The molecule has 2 N–H and O–H groups in total. The average Bonchev–Trinajstić information content (AvgIpc) is 2.23. The standard InChI is InChI=1S/C16H27NO/c1-7-18-15(16(4,5)6)14(17)13-9-8-11(2)10-12(13)3/h8-10,14-15H,7,17H2,1-6H3. The molecule has 0 aromatic heterocycles. The molecule has 1 aromatic rings. The van der Waals surface area contributed by atoms with Crippen LogP contribution < -0.4 is 5.73 Å². The largest absolute Gasteiger partial charge is 0.376 e. The van der Waals surface area contributed by atoms with Gasteiger partial charge in [-0.05, 0) is 37.3 Å². The van der Waals surface area contributed by atoms with E-state index in [1.165, 1.54) is 16.7 Å². The third-order valence-corrected chi connectivity index (χ3v) is 3.31. The minimum atomic E-state index is -0.0782. The first-order valence-corrected chi connectivity index (χ1v) is 6.71. The lowest BCUT2D eigenvalue weighted by atomic mass is 9.81. The van der Waals surface area contributed by atoms with Crippen LogP contribution in [0.15, 0.2) is 18.2 Å². The van der Waals surface area contributed by atoms with Gasteiger partial charge in [0.05, 0.1) is 12.1 Å². The van der Waals surface area contributed by atoms with Crippen molar-refractivity contribution in [3.05, 3.63) is 34.9 Å². The lowest BCUT2D eigenvalue weighted by Crippen LogP contribution is -2.39. The Morgan fingerprint density at radius 1 is 1.22 bits per heavy atom. The van der Waals surface area contributed by atoms with Crippen LogP contribution in [-0.2, 0) is 4.74 Å². The molecular weight excluding hydrogens is 222 g/mol. The number of aryl methyl sites for hydroxylation is 2. The second-order valence-corrected chi connectivity index (χ2v) is 6.13. The molecule has 2 nitrogen and oxygen atoms in total. The molecule has 1 aromatic carbocycles. The van der Waals surface area contributed by atoms with Crippen LogP contribution in [0.1, 0.15) is 50.4 Å². The van der Waals surface area contributed by atoms with Crippen LogP contribution in [0.4, 0.5) is 0 Å². The van der Waals surface area contributed by atoms with Crippen molar-refractivity contribution in [3.8, 4) is 0 Å². The zero-order chi connectivity index (χ0) is 13.9. The SMILES string of the molecule is CCOC(C(N)c1ccc(C)cc1C)C(C)(C)C. The number of rotatable bonds is 4. The molecule has 0 saturated carbocycles. The smallest absolute Gasteiger partial charge is 0.0815 e. The van der Waals surface area contributed by atoms with E-state index in [2.05, 4.69) is 52.8 Å². The monoisotopic (exact) mass is 249 g/mol. The van der Waals surface area contributed by atoms with Gasteiger partial charge in [0.25, 0.3) is 0 Å². The molecule has 0 heterocycles. The van der Waals surface area contributed by atoms with Gasteiger partial charge in [0.2, 0.25) is 0 Å². The number of hydrogen-bond acceptors (Lipinski definition) is 2. The molecule has 102 valence electrons. The number of nitrogens with two attached hydrogens (primary N) is 1. The van der Waals surface area contributed by atoms with Gasteiger partial charge in [-0.2, -0.15) is 0 Å². The van der Waals surface area contributed by atoms with Crippen molar-refractivity contribution in [1.29, 1.82) is 0 Å². The summed E-state index contributed by atoms with van der Waals surface area (Å²) >= 11 is 0. The zero-order valence-corrected chi connectivity index (χ0v) is 12.6. The summed E-state index contributed by atoms with van der Waals surface area (Å²) in [6, 6.07) is 6.35. The molecule has 0 aliphatic carbocycles. The summed E-state index contributed by atoms with van der Waals surface area (Å²) < 4.78 is 5.88. The number of ether oxygens (including phenoxy) is 1. The second-order valence-electron chi connectivity index (χ2n) is 6.13. The Bertz CT molecular complexity index is 393. The minimum Gasteiger partial charge on any atom is -0.376 e. The van der Waals surface area contributed by atoms with Crippen molar-refractivity contribution in [2.24, 2.45) is 11.1 Å². The topological polar surface area (TPSA) is 35.2 Å². The van der Waals surface area contributed by atoms with E-state index < -0.39 is 0 Å². The van der Waals surface area contributed by atoms with Gasteiger partial charge < -0.3 is 10.5 Å². The first kappa shape index (κ1) is 15.2. The average molecular weight is 249 g/mol. The van der Waals surface area contributed by atoms with E-state index in [4.69, 9.17) is 10.5 Å². The predicted octanol–water partition coefficient (Wildman–Crippen LogP) is 3.75. The van der Waals surface area contributed by atoms with Crippen LogP contribution in [0.25, 0.3) is 0 Å². The first-order chi connectivity index (χ1) is 8.27. The molecule has 2 heteroatoms. The summed E-state index contributed by atoms with van der Waals surface area (Å²) in [6.07, 6.45) is 0.0314. The fourth-order valence-corrected chi connectivity index (χ4v) is 2.43. The summed E-state index contributed by atoms with van der Waals surface area (Å²) in [6.45, 7) is 13.5. The van der Waals surface area contributed by atoms with E-state index in [9.17, 15) is 0 Å². The summed E-state index contributed by atoms with van der Waals surface area (Å²) in [5.74, 6) is 0. The highest BCUT2D eigenvalue weighted by atomic mass is 16.5. The summed E-state index contributed by atoms with van der Waals surface area (Å²) in [4.78, 5) is 0. The molecule has 0 aliphatic rings. The molecule has 0 saturated heterocycles. The van der Waals surface area contributed by atoms with E-state index in [0.29, 0.717) is 6.61 Å². The van der Waals surface area contributed by atoms with Gasteiger partial charge in [0.1, 0.15) is 0 Å². The van der Waals surface area contributed by atoms with E-state index in [-0.39, 0.29) is 17.6 Å². The summed E-state index contributed by atoms with van der Waals surface area (Å²) in [5.41, 5.74) is 10.2. The predicted molar refractivity (Wildman–Crippen MR) is 77.7 cm³/mol. The van der Waals surface area contributed by atoms with Crippen LogP contribution in [0.2, 0.25) is 0 Å². The molecule has 0 amide bonds. The first-order valence-electron chi connectivity index (χ1n) is 6.71. The van der Waals surface area contributed by atoms with Crippen molar-refractivity contribution in [1.82, 2.24) is 0 Å². The van der Waals surface area contributed by atoms with E-state index in [1.807, 2.05) is 6.92 Å². The fraction of sp³-hybridized carbons (Fsp3) is 0.625. The minimum absolute atomic E-state index is 0.0314. The molecule has 2 atom stereocenters. The second kappa shape index (κ2) is 5.85. The highest BCUT2D eigenvalue weighted by Crippen LogP contribution is 2.32. The van der Waals surface area contributed by atoms with E-state index >= 15 is 0 Å². The Kier molecular flexibility index (Phi) is 4.94. The molecule has 0 radical (unpaired) electrons. The molecule has 18 heavy (non-hydrogen) atoms. The van der Waals surface area contributed by atoms with E-state index in [0.717, 1.165) is 0 Å². The van der Waals surface area contributed by atoms with Crippen molar-refractivity contribution < 1.29 is 4.74 Å². The Morgan fingerprint density at radius 3 is 2.28 bits per heavy atom. The molecule has 0 bridgehead atoms. The lowest BCUT2D eigenvalue weighted by molar-refractivity contribution is -0.0284. The van der Waals surface area contributed by atoms with Crippen molar-refractivity contribution in [2.45, 2.75) is 53.7 Å². The maximum Gasteiger partial charge on any atom is 0.0815 e. The van der Waals surface area contributed by atoms with Crippen LogP contribution >= 0.6 is 0 Å². The third-order valence-electron chi connectivity index (χ3n) is 3.31. The van der Waals surface area contributed by atoms with Gasteiger partial charge in [-0.15, -0.1) is 0 Å². The van der Waals surface area contributed by atoms with Gasteiger partial charge >= 0.3 is 0 Å². The van der Waals surface area contributed by atoms with Crippen LogP contribution in [-0.4, -0.2) is 12.7 Å². The highest BCUT2D eigenvalue weighted by Gasteiger charge is 2.32.